The van der Waals surface area contributed by atoms with Crippen LogP contribution in [0, 0.1) is 5.92 Å². The summed E-state index contributed by atoms with van der Waals surface area (Å²) in [5, 5.41) is 3.42. The Balaban J connectivity index is 2.35. The molecular formula is C8H17NO. The first-order valence-electron chi connectivity index (χ1n) is 4.15. The number of hydrogen-bond donors (Lipinski definition) is 1. The van der Waals surface area contributed by atoms with Gasteiger partial charge >= 0.3 is 0 Å². The van der Waals surface area contributed by atoms with Crippen molar-refractivity contribution in [3.05, 3.63) is 0 Å². The number of nitrogens with one attached hydrogen (secondary N) is 1. The van der Waals surface area contributed by atoms with Crippen molar-refractivity contribution >= 4 is 0 Å². The molecule has 10 heavy (non-hydrogen) atoms. The molecule has 1 heterocycles. The molecule has 60 valence electrons. The predicted molar refractivity (Wildman–Crippen MR) is 42.1 cm³/mol. The quantitative estimate of drug-likeness (QED) is 0.591. The van der Waals surface area contributed by atoms with Crippen LogP contribution < -0.4 is 5.32 Å². The summed E-state index contributed by atoms with van der Waals surface area (Å²) in [4.78, 5) is 0. The molecule has 2 heteroatoms. The van der Waals surface area contributed by atoms with Gasteiger partial charge in [0.25, 0.3) is 0 Å². The van der Waals surface area contributed by atoms with Crippen molar-refractivity contribution in [2.75, 3.05) is 19.8 Å². The Kier molecular flexibility index (Phi) is 3.16. The third kappa shape index (κ3) is 1.96. The van der Waals surface area contributed by atoms with Gasteiger partial charge < -0.3 is 10.1 Å². The van der Waals surface area contributed by atoms with Gasteiger partial charge in [0.2, 0.25) is 0 Å². The van der Waals surface area contributed by atoms with Crippen molar-refractivity contribution in [3.8, 4) is 0 Å². The number of hydrogen-bond acceptors (Lipinski definition) is 2. The normalized spacial score (nSPS) is 35.4. The molecule has 1 N–H and O–H groups in total. The smallest absolute Gasteiger partial charge is 0.0591 e. The van der Waals surface area contributed by atoms with Gasteiger partial charge in [-0.3, -0.25) is 0 Å². The molecule has 2 unspecified atom stereocenters. The van der Waals surface area contributed by atoms with Crippen LogP contribution >= 0.6 is 0 Å². The molecule has 0 spiro atoms. The molecule has 0 aromatic rings. The van der Waals surface area contributed by atoms with Crippen LogP contribution in [0.25, 0.3) is 0 Å². The van der Waals surface area contributed by atoms with Crippen LogP contribution in [0.5, 0.6) is 0 Å². The minimum absolute atomic E-state index is 0.632. The Morgan fingerprint density at radius 3 is 3.10 bits per heavy atom. The highest BCUT2D eigenvalue weighted by atomic mass is 16.5. The lowest BCUT2D eigenvalue weighted by Gasteiger charge is -2.18. The van der Waals surface area contributed by atoms with Crippen LogP contribution in [0.1, 0.15) is 20.3 Å². The van der Waals surface area contributed by atoms with E-state index in [1.54, 1.807) is 0 Å². The maximum Gasteiger partial charge on any atom is 0.0591 e. The summed E-state index contributed by atoms with van der Waals surface area (Å²) in [7, 11) is 0. The molecule has 1 rings (SSSR count). The van der Waals surface area contributed by atoms with Crippen LogP contribution in [0.3, 0.4) is 0 Å². The zero-order valence-electron chi connectivity index (χ0n) is 6.89. The first-order valence-corrected chi connectivity index (χ1v) is 4.15. The Labute approximate surface area is 63.0 Å². The molecule has 1 fully saturated rings. The van der Waals surface area contributed by atoms with E-state index in [0.29, 0.717) is 12.0 Å². The van der Waals surface area contributed by atoms with E-state index < -0.39 is 0 Å². The Hall–Kier alpha value is -0.0800. The molecule has 0 aliphatic carbocycles. The van der Waals surface area contributed by atoms with E-state index >= 15 is 0 Å². The molecule has 0 saturated carbocycles. The van der Waals surface area contributed by atoms with Crippen LogP contribution in [0.15, 0.2) is 0 Å². The van der Waals surface area contributed by atoms with E-state index in [1.807, 2.05) is 0 Å². The fourth-order valence-corrected chi connectivity index (χ4v) is 1.38. The molecule has 2 atom stereocenters. The van der Waals surface area contributed by atoms with Gasteiger partial charge in [0.1, 0.15) is 0 Å². The molecule has 0 aromatic carbocycles. The summed E-state index contributed by atoms with van der Waals surface area (Å²) in [5.74, 6) is 0.711. The highest BCUT2D eigenvalue weighted by molar-refractivity contribution is 4.72. The van der Waals surface area contributed by atoms with Gasteiger partial charge in [0.05, 0.1) is 13.2 Å². The average Bonchev–Trinajstić information content (AvgIpc) is 2.13. The van der Waals surface area contributed by atoms with Gasteiger partial charge in [-0.15, -0.1) is 0 Å². The maximum absolute atomic E-state index is 5.41. The third-order valence-corrected chi connectivity index (χ3v) is 2.28. The van der Waals surface area contributed by atoms with Gasteiger partial charge in [-0.05, 0) is 19.3 Å². The van der Waals surface area contributed by atoms with Gasteiger partial charge in [-0.25, -0.2) is 0 Å². The summed E-state index contributed by atoms with van der Waals surface area (Å²) in [6, 6.07) is 0.632. The summed E-state index contributed by atoms with van der Waals surface area (Å²) in [6.07, 6.45) is 1.22. The number of ether oxygens (including phenoxy) is 1. The Morgan fingerprint density at radius 1 is 1.60 bits per heavy atom. The second-order valence-corrected chi connectivity index (χ2v) is 2.99. The van der Waals surface area contributed by atoms with E-state index in [2.05, 4.69) is 19.2 Å². The van der Waals surface area contributed by atoms with Crippen LogP contribution in [0.2, 0.25) is 0 Å². The SMILES string of the molecule is CCC1COCCNC1C. The van der Waals surface area contributed by atoms with Crippen molar-refractivity contribution in [1.29, 1.82) is 0 Å². The molecule has 1 aliphatic rings. The van der Waals surface area contributed by atoms with Crippen LogP contribution in [-0.4, -0.2) is 25.8 Å². The van der Waals surface area contributed by atoms with Gasteiger partial charge in [0.15, 0.2) is 0 Å². The lowest BCUT2D eigenvalue weighted by molar-refractivity contribution is 0.116. The standard InChI is InChI=1S/C8H17NO/c1-3-8-6-10-5-4-9-7(8)2/h7-9H,3-6H2,1-2H3. The van der Waals surface area contributed by atoms with Crippen LogP contribution in [0.4, 0.5) is 0 Å². The second kappa shape index (κ2) is 3.94. The minimum Gasteiger partial charge on any atom is -0.380 e. The first-order chi connectivity index (χ1) is 4.84. The maximum atomic E-state index is 5.41. The van der Waals surface area contributed by atoms with Crippen molar-refractivity contribution in [2.45, 2.75) is 26.3 Å². The fourth-order valence-electron chi connectivity index (χ4n) is 1.38. The molecule has 0 radical (unpaired) electrons. The zero-order valence-corrected chi connectivity index (χ0v) is 6.89. The van der Waals surface area contributed by atoms with Gasteiger partial charge in [0, 0.05) is 12.6 Å². The second-order valence-electron chi connectivity index (χ2n) is 2.99. The van der Waals surface area contributed by atoms with Crippen molar-refractivity contribution in [2.24, 2.45) is 5.92 Å². The lowest BCUT2D eigenvalue weighted by Crippen LogP contribution is -2.33. The van der Waals surface area contributed by atoms with Gasteiger partial charge in [-0.1, -0.05) is 6.92 Å². The highest BCUT2D eigenvalue weighted by Crippen LogP contribution is 2.10. The summed E-state index contributed by atoms with van der Waals surface area (Å²) in [5.41, 5.74) is 0. The molecule has 1 aliphatic heterocycles. The van der Waals surface area contributed by atoms with E-state index in [0.717, 1.165) is 19.8 Å². The van der Waals surface area contributed by atoms with E-state index in [4.69, 9.17) is 4.74 Å². The third-order valence-electron chi connectivity index (χ3n) is 2.28. The average molecular weight is 143 g/mol. The van der Waals surface area contributed by atoms with Crippen molar-refractivity contribution in [1.82, 2.24) is 5.32 Å². The topological polar surface area (TPSA) is 21.3 Å². The molecule has 2 nitrogen and oxygen atoms in total. The molecule has 1 saturated heterocycles. The molecule has 0 aromatic heterocycles. The van der Waals surface area contributed by atoms with E-state index in [9.17, 15) is 0 Å². The molecule has 0 amide bonds. The van der Waals surface area contributed by atoms with E-state index in [1.165, 1.54) is 6.42 Å². The first kappa shape index (κ1) is 8.02. The largest absolute Gasteiger partial charge is 0.380 e. The van der Waals surface area contributed by atoms with E-state index in [-0.39, 0.29) is 0 Å². The Bertz CT molecular complexity index is 95.3. The molecule has 0 bridgehead atoms. The fraction of sp³-hybridized carbons (Fsp3) is 1.00. The summed E-state index contributed by atoms with van der Waals surface area (Å²) >= 11 is 0. The van der Waals surface area contributed by atoms with Crippen molar-refractivity contribution < 1.29 is 4.74 Å². The number of rotatable bonds is 1. The van der Waals surface area contributed by atoms with Crippen molar-refractivity contribution in [3.63, 3.8) is 0 Å². The summed E-state index contributed by atoms with van der Waals surface area (Å²) < 4.78 is 5.41. The predicted octanol–water partition coefficient (Wildman–Crippen LogP) is 1.02. The molecular weight excluding hydrogens is 126 g/mol. The van der Waals surface area contributed by atoms with Gasteiger partial charge in [-0.2, -0.15) is 0 Å². The lowest BCUT2D eigenvalue weighted by atomic mass is 10.00. The highest BCUT2D eigenvalue weighted by Gasteiger charge is 2.17. The Morgan fingerprint density at radius 2 is 2.40 bits per heavy atom. The van der Waals surface area contributed by atoms with Crippen LogP contribution in [-0.2, 0) is 4.74 Å². The summed E-state index contributed by atoms with van der Waals surface area (Å²) in [6.45, 7) is 7.28. The monoisotopic (exact) mass is 143 g/mol. The zero-order chi connectivity index (χ0) is 7.40. The minimum atomic E-state index is 0.632.